The Balaban J connectivity index is 2.53. The van der Waals surface area contributed by atoms with E-state index in [9.17, 15) is 4.79 Å². The average molecular weight is 137 g/mol. The first-order valence-electron chi connectivity index (χ1n) is 3.16. The maximum Gasteiger partial charge on any atom is 0.144 e. The largest absolute Gasteiger partial charge is 0.299 e. The van der Waals surface area contributed by atoms with Gasteiger partial charge in [0.1, 0.15) is 5.78 Å². The Morgan fingerprint density at radius 2 is 2.30 bits per heavy atom. The van der Waals surface area contributed by atoms with E-state index in [0.717, 1.165) is 11.4 Å². The fraction of sp³-hybridized carbons (Fsp3) is 0.500. The van der Waals surface area contributed by atoms with E-state index in [2.05, 4.69) is 10.3 Å². The van der Waals surface area contributed by atoms with Gasteiger partial charge in [-0.3, -0.25) is 9.48 Å². The van der Waals surface area contributed by atoms with Crippen molar-refractivity contribution in [3.8, 4) is 0 Å². The molecule has 0 bridgehead atoms. The van der Waals surface area contributed by atoms with E-state index in [1.54, 1.807) is 4.68 Å². The molecule has 0 unspecified atom stereocenters. The van der Waals surface area contributed by atoms with Crippen LogP contribution in [0.4, 0.5) is 0 Å². The van der Waals surface area contributed by atoms with Crippen molar-refractivity contribution in [1.29, 1.82) is 0 Å². The monoisotopic (exact) mass is 137 g/mol. The minimum absolute atomic E-state index is 0.246. The summed E-state index contributed by atoms with van der Waals surface area (Å²) in [5.74, 6) is 0.246. The van der Waals surface area contributed by atoms with Crippen LogP contribution in [-0.2, 0) is 24.7 Å². The van der Waals surface area contributed by atoms with Crippen LogP contribution in [0.25, 0.3) is 0 Å². The molecule has 52 valence electrons. The topological polar surface area (TPSA) is 47.8 Å². The minimum Gasteiger partial charge on any atom is -0.299 e. The normalized spacial score (nSPS) is 15.9. The fourth-order valence-corrected chi connectivity index (χ4v) is 1.21. The highest BCUT2D eigenvalue weighted by molar-refractivity contribution is 5.86. The molecule has 1 aliphatic rings. The summed E-state index contributed by atoms with van der Waals surface area (Å²) < 4.78 is 1.67. The van der Waals surface area contributed by atoms with Gasteiger partial charge < -0.3 is 0 Å². The summed E-state index contributed by atoms with van der Waals surface area (Å²) in [7, 11) is 1.81. The zero-order valence-electron chi connectivity index (χ0n) is 5.66. The summed E-state index contributed by atoms with van der Waals surface area (Å²) in [6.07, 6.45) is 0.988. The third kappa shape index (κ3) is 0.586. The number of carbonyl (C=O) groups excluding carboxylic acids is 1. The number of aromatic nitrogens is 3. The molecular formula is C6H7N3O. The van der Waals surface area contributed by atoms with Crippen molar-refractivity contribution in [3.05, 3.63) is 11.4 Å². The number of nitrogens with zero attached hydrogens (tertiary/aromatic N) is 3. The van der Waals surface area contributed by atoms with Crippen LogP contribution in [0.1, 0.15) is 11.4 Å². The molecule has 4 heteroatoms. The van der Waals surface area contributed by atoms with Gasteiger partial charge in [-0.25, -0.2) is 0 Å². The molecule has 1 aliphatic carbocycles. The van der Waals surface area contributed by atoms with Gasteiger partial charge in [-0.15, -0.1) is 5.10 Å². The van der Waals surface area contributed by atoms with Crippen LogP contribution in [0.3, 0.4) is 0 Å². The van der Waals surface area contributed by atoms with Gasteiger partial charge in [-0.2, -0.15) is 0 Å². The molecule has 4 nitrogen and oxygen atoms in total. The second-order valence-electron chi connectivity index (χ2n) is 2.50. The molecule has 0 aliphatic heterocycles. The lowest BCUT2D eigenvalue weighted by molar-refractivity contribution is -0.117. The quantitative estimate of drug-likeness (QED) is 0.483. The van der Waals surface area contributed by atoms with Gasteiger partial charge >= 0.3 is 0 Å². The number of aryl methyl sites for hydroxylation is 1. The van der Waals surface area contributed by atoms with Gasteiger partial charge in [0.15, 0.2) is 0 Å². The summed E-state index contributed by atoms with van der Waals surface area (Å²) in [5.41, 5.74) is 1.83. The van der Waals surface area contributed by atoms with E-state index in [1.807, 2.05) is 7.05 Å². The van der Waals surface area contributed by atoms with E-state index in [4.69, 9.17) is 0 Å². The number of ketones is 1. The fourth-order valence-electron chi connectivity index (χ4n) is 1.21. The highest BCUT2D eigenvalue weighted by Crippen LogP contribution is 2.14. The summed E-state index contributed by atoms with van der Waals surface area (Å²) in [4.78, 5) is 10.8. The lowest BCUT2D eigenvalue weighted by Crippen LogP contribution is -2.01. The van der Waals surface area contributed by atoms with Crippen molar-refractivity contribution in [2.45, 2.75) is 12.8 Å². The third-order valence-corrected chi connectivity index (χ3v) is 1.75. The molecule has 0 atom stereocenters. The summed E-state index contributed by atoms with van der Waals surface area (Å²) >= 11 is 0. The first-order chi connectivity index (χ1) is 4.77. The second kappa shape index (κ2) is 1.65. The van der Waals surface area contributed by atoms with Crippen molar-refractivity contribution >= 4 is 5.78 Å². The smallest absolute Gasteiger partial charge is 0.144 e. The van der Waals surface area contributed by atoms with Gasteiger partial charge in [0, 0.05) is 7.05 Å². The Bertz CT molecular complexity index is 289. The summed E-state index contributed by atoms with van der Waals surface area (Å²) in [6, 6.07) is 0. The predicted molar refractivity (Wildman–Crippen MR) is 33.4 cm³/mol. The lowest BCUT2D eigenvalue weighted by atomic mass is 10.3. The van der Waals surface area contributed by atoms with Crippen molar-refractivity contribution in [1.82, 2.24) is 15.0 Å². The molecule has 1 aromatic rings. The molecule has 1 heterocycles. The Hall–Kier alpha value is -1.19. The number of hydrogen-bond acceptors (Lipinski definition) is 3. The third-order valence-electron chi connectivity index (χ3n) is 1.75. The molecule has 10 heavy (non-hydrogen) atoms. The number of Topliss-reactive ketones (excluding diaryl/α,β-unsaturated/α-hetero) is 1. The van der Waals surface area contributed by atoms with Crippen molar-refractivity contribution in [2.24, 2.45) is 7.05 Å². The van der Waals surface area contributed by atoms with Crippen LogP contribution < -0.4 is 0 Å². The highest BCUT2D eigenvalue weighted by Gasteiger charge is 2.23. The van der Waals surface area contributed by atoms with Gasteiger partial charge in [0.2, 0.25) is 0 Å². The van der Waals surface area contributed by atoms with E-state index in [1.165, 1.54) is 0 Å². The molecule has 0 saturated heterocycles. The zero-order valence-corrected chi connectivity index (χ0v) is 5.66. The maximum absolute atomic E-state index is 10.8. The Morgan fingerprint density at radius 3 is 3.00 bits per heavy atom. The van der Waals surface area contributed by atoms with Crippen molar-refractivity contribution in [2.75, 3.05) is 0 Å². The Kier molecular flexibility index (Phi) is 0.922. The van der Waals surface area contributed by atoms with E-state index < -0.39 is 0 Å². The standard InChI is InChI=1S/C6H7N3O/c1-9-6-3-4(10)2-5(6)7-8-9/h2-3H2,1H3. The SMILES string of the molecule is Cn1nnc2c1CC(=O)C2. The minimum atomic E-state index is 0.246. The van der Waals surface area contributed by atoms with Gasteiger partial charge in [-0.05, 0) is 0 Å². The predicted octanol–water partition coefficient (Wildman–Crippen LogP) is -0.517. The summed E-state index contributed by atoms with van der Waals surface area (Å²) in [5, 5.41) is 7.63. The van der Waals surface area contributed by atoms with Crippen molar-refractivity contribution < 1.29 is 4.79 Å². The first-order valence-corrected chi connectivity index (χ1v) is 3.16. The number of hydrogen-bond donors (Lipinski definition) is 0. The Labute approximate surface area is 57.8 Å². The molecule has 0 aromatic carbocycles. The maximum atomic E-state index is 10.8. The molecule has 0 amide bonds. The van der Waals surface area contributed by atoms with E-state index >= 15 is 0 Å². The molecule has 2 rings (SSSR count). The molecule has 1 aromatic heterocycles. The second-order valence-corrected chi connectivity index (χ2v) is 2.50. The van der Waals surface area contributed by atoms with Crippen LogP contribution in [0.2, 0.25) is 0 Å². The first kappa shape index (κ1) is 5.58. The molecule has 0 radical (unpaired) electrons. The van der Waals surface area contributed by atoms with E-state index in [0.29, 0.717) is 12.8 Å². The highest BCUT2D eigenvalue weighted by atomic mass is 16.1. The molecule has 0 spiro atoms. The van der Waals surface area contributed by atoms with Gasteiger partial charge in [-0.1, -0.05) is 5.21 Å². The summed E-state index contributed by atoms with van der Waals surface area (Å²) in [6.45, 7) is 0. The van der Waals surface area contributed by atoms with Crippen LogP contribution in [0, 0.1) is 0 Å². The van der Waals surface area contributed by atoms with Crippen LogP contribution >= 0.6 is 0 Å². The number of rotatable bonds is 0. The molecular weight excluding hydrogens is 130 g/mol. The van der Waals surface area contributed by atoms with Crippen LogP contribution in [-0.4, -0.2) is 20.8 Å². The van der Waals surface area contributed by atoms with E-state index in [-0.39, 0.29) is 5.78 Å². The number of carbonyl (C=O) groups is 1. The van der Waals surface area contributed by atoms with Gasteiger partial charge in [0.25, 0.3) is 0 Å². The number of fused-ring (bicyclic) bond motifs is 1. The molecule has 0 fully saturated rings. The zero-order chi connectivity index (χ0) is 7.14. The van der Waals surface area contributed by atoms with Crippen LogP contribution in [0.5, 0.6) is 0 Å². The molecule has 0 N–H and O–H groups in total. The Morgan fingerprint density at radius 1 is 1.50 bits per heavy atom. The average Bonchev–Trinajstić information content (AvgIpc) is 2.35. The van der Waals surface area contributed by atoms with Crippen molar-refractivity contribution in [3.63, 3.8) is 0 Å². The molecule has 0 saturated carbocycles. The van der Waals surface area contributed by atoms with Gasteiger partial charge in [0.05, 0.1) is 24.2 Å². The van der Waals surface area contributed by atoms with Crippen LogP contribution in [0.15, 0.2) is 0 Å². The lowest BCUT2D eigenvalue weighted by Gasteiger charge is -1.89.